The van der Waals surface area contributed by atoms with Gasteiger partial charge < -0.3 is 16.0 Å². The van der Waals surface area contributed by atoms with Crippen LogP contribution in [0.5, 0.6) is 0 Å². The summed E-state index contributed by atoms with van der Waals surface area (Å²) in [5.74, 6) is 2.06. The van der Waals surface area contributed by atoms with E-state index in [0.717, 1.165) is 42.4 Å². The van der Waals surface area contributed by atoms with Gasteiger partial charge in [-0.1, -0.05) is 6.92 Å². The fourth-order valence-electron chi connectivity index (χ4n) is 2.17. The van der Waals surface area contributed by atoms with E-state index in [0.29, 0.717) is 0 Å². The first-order valence-corrected chi connectivity index (χ1v) is 7.56. The average molecular weight is 293 g/mol. The lowest BCUT2D eigenvalue weighted by Gasteiger charge is -2.29. The molecule has 1 aromatic rings. The molecule has 0 aliphatic rings. The maximum Gasteiger partial charge on any atom is 0.237 e. The molecule has 0 aromatic carbocycles. The van der Waals surface area contributed by atoms with Crippen LogP contribution in [0.25, 0.3) is 0 Å². The fraction of sp³-hybridized carbons (Fsp3) is 0.667. The Morgan fingerprint density at radius 2 is 2.00 bits per heavy atom. The van der Waals surface area contributed by atoms with Gasteiger partial charge in [-0.15, -0.1) is 0 Å². The van der Waals surface area contributed by atoms with Gasteiger partial charge in [-0.2, -0.15) is 0 Å². The van der Waals surface area contributed by atoms with Crippen molar-refractivity contribution < 1.29 is 4.79 Å². The van der Waals surface area contributed by atoms with E-state index >= 15 is 0 Å². The van der Waals surface area contributed by atoms with Crippen molar-refractivity contribution in [1.29, 1.82) is 0 Å². The first-order valence-electron chi connectivity index (χ1n) is 7.56. The summed E-state index contributed by atoms with van der Waals surface area (Å²) in [4.78, 5) is 22.5. The Kier molecular flexibility index (Phi) is 6.39. The lowest BCUT2D eigenvalue weighted by atomic mass is 10.2. The van der Waals surface area contributed by atoms with Gasteiger partial charge in [-0.25, -0.2) is 9.97 Å². The molecule has 0 saturated heterocycles. The normalized spacial score (nSPS) is 10.8. The van der Waals surface area contributed by atoms with Crippen molar-refractivity contribution in [3.8, 4) is 0 Å². The third-order valence-corrected chi connectivity index (χ3v) is 3.21. The molecule has 3 N–H and O–H groups in total. The van der Waals surface area contributed by atoms with Crippen LogP contribution in [0, 0.1) is 6.92 Å². The van der Waals surface area contributed by atoms with Gasteiger partial charge in [0.2, 0.25) is 5.91 Å². The molecule has 0 saturated carbocycles. The Bertz CT molecular complexity index is 487. The summed E-state index contributed by atoms with van der Waals surface area (Å²) in [7, 11) is 0. The van der Waals surface area contributed by atoms with Crippen molar-refractivity contribution in [1.82, 2.24) is 9.97 Å². The largest absolute Gasteiger partial charge is 0.370 e. The van der Waals surface area contributed by atoms with Crippen LogP contribution in [-0.4, -0.2) is 35.0 Å². The van der Waals surface area contributed by atoms with Gasteiger partial charge in [0.1, 0.15) is 17.5 Å². The quantitative estimate of drug-likeness (QED) is 0.764. The van der Waals surface area contributed by atoms with Crippen molar-refractivity contribution in [3.05, 3.63) is 11.4 Å². The van der Waals surface area contributed by atoms with E-state index in [-0.39, 0.29) is 18.5 Å². The number of carbonyl (C=O) groups excluding carboxylic acids is 1. The highest BCUT2D eigenvalue weighted by Crippen LogP contribution is 2.25. The molecule has 118 valence electrons. The predicted molar refractivity (Wildman–Crippen MR) is 86.6 cm³/mol. The third-order valence-electron chi connectivity index (χ3n) is 3.21. The predicted octanol–water partition coefficient (Wildman–Crippen LogP) is 1.87. The summed E-state index contributed by atoms with van der Waals surface area (Å²) in [6, 6.07) is 0.134. The third kappa shape index (κ3) is 4.58. The first-order chi connectivity index (χ1) is 9.90. The molecule has 1 amide bonds. The number of aryl methyl sites for hydroxylation is 1. The van der Waals surface area contributed by atoms with Crippen LogP contribution in [0.15, 0.2) is 0 Å². The van der Waals surface area contributed by atoms with Gasteiger partial charge in [0.25, 0.3) is 0 Å². The molecule has 0 spiro atoms. The highest BCUT2D eigenvalue weighted by molar-refractivity contribution is 5.80. The van der Waals surface area contributed by atoms with Gasteiger partial charge in [0, 0.05) is 24.6 Å². The number of amides is 1. The van der Waals surface area contributed by atoms with Crippen LogP contribution in [0.3, 0.4) is 0 Å². The Morgan fingerprint density at radius 3 is 2.48 bits per heavy atom. The van der Waals surface area contributed by atoms with Crippen LogP contribution < -0.4 is 16.0 Å². The fourth-order valence-corrected chi connectivity index (χ4v) is 2.17. The van der Waals surface area contributed by atoms with Crippen molar-refractivity contribution in [3.63, 3.8) is 0 Å². The zero-order valence-corrected chi connectivity index (χ0v) is 13.7. The molecular formula is C15H27N5O. The summed E-state index contributed by atoms with van der Waals surface area (Å²) in [6.07, 6.45) is 1.79. The first kappa shape index (κ1) is 17.2. The summed E-state index contributed by atoms with van der Waals surface area (Å²) >= 11 is 0. The maximum absolute atomic E-state index is 11.3. The average Bonchev–Trinajstić information content (AvgIpc) is 2.40. The molecular weight excluding hydrogens is 266 g/mol. The van der Waals surface area contributed by atoms with E-state index in [9.17, 15) is 4.79 Å². The molecule has 0 unspecified atom stereocenters. The van der Waals surface area contributed by atoms with E-state index in [4.69, 9.17) is 5.73 Å². The second-order valence-electron chi connectivity index (χ2n) is 5.41. The molecule has 0 radical (unpaired) electrons. The van der Waals surface area contributed by atoms with Crippen LogP contribution in [0.1, 0.15) is 45.5 Å². The molecule has 6 nitrogen and oxygen atoms in total. The number of nitrogens with one attached hydrogen (secondary N) is 1. The molecule has 0 aliphatic heterocycles. The molecule has 0 bridgehead atoms. The number of hydrogen-bond acceptors (Lipinski definition) is 5. The Hall–Kier alpha value is -1.85. The number of primary amides is 1. The highest BCUT2D eigenvalue weighted by Gasteiger charge is 2.20. The Labute approximate surface area is 127 Å². The number of rotatable bonds is 8. The van der Waals surface area contributed by atoms with E-state index in [1.54, 1.807) is 0 Å². The molecule has 0 aliphatic carbocycles. The summed E-state index contributed by atoms with van der Waals surface area (Å²) in [5, 5.41) is 3.27. The standard InChI is InChI=1S/C15H27N5O/c1-6-8-13-18-14(17-7-2)11(5)15(19-13)20(10(3)4)9-12(16)21/h10H,6-9H2,1-5H3,(H2,16,21)(H,17,18,19). The second-order valence-corrected chi connectivity index (χ2v) is 5.41. The molecule has 1 rings (SSSR count). The van der Waals surface area contributed by atoms with Gasteiger partial charge in [-0.05, 0) is 34.1 Å². The van der Waals surface area contributed by atoms with Crippen molar-refractivity contribution in [2.24, 2.45) is 5.73 Å². The summed E-state index contributed by atoms with van der Waals surface area (Å²) < 4.78 is 0. The zero-order chi connectivity index (χ0) is 16.0. The summed E-state index contributed by atoms with van der Waals surface area (Å²) in [6.45, 7) is 11.1. The van der Waals surface area contributed by atoms with Gasteiger partial charge in [-0.3, -0.25) is 4.79 Å². The zero-order valence-electron chi connectivity index (χ0n) is 13.7. The number of anilines is 2. The Morgan fingerprint density at radius 1 is 1.33 bits per heavy atom. The van der Waals surface area contributed by atoms with E-state index in [1.807, 2.05) is 32.6 Å². The van der Waals surface area contributed by atoms with E-state index in [1.165, 1.54) is 0 Å². The lowest BCUT2D eigenvalue weighted by molar-refractivity contribution is -0.116. The van der Waals surface area contributed by atoms with Crippen molar-refractivity contribution >= 4 is 17.5 Å². The summed E-state index contributed by atoms with van der Waals surface area (Å²) in [5.41, 5.74) is 6.32. The molecule has 0 fully saturated rings. The van der Waals surface area contributed by atoms with Gasteiger partial charge >= 0.3 is 0 Å². The minimum Gasteiger partial charge on any atom is -0.370 e. The Balaban J connectivity index is 3.31. The van der Waals surface area contributed by atoms with Crippen molar-refractivity contribution in [2.45, 2.75) is 53.5 Å². The minimum absolute atomic E-state index is 0.134. The minimum atomic E-state index is -0.358. The molecule has 1 heterocycles. The molecule has 1 aromatic heterocycles. The molecule has 0 atom stereocenters. The smallest absolute Gasteiger partial charge is 0.237 e. The van der Waals surface area contributed by atoms with Crippen LogP contribution >= 0.6 is 0 Å². The molecule has 21 heavy (non-hydrogen) atoms. The van der Waals surface area contributed by atoms with E-state index < -0.39 is 0 Å². The topological polar surface area (TPSA) is 84.1 Å². The number of aromatic nitrogens is 2. The SMILES string of the molecule is CCCc1nc(NCC)c(C)c(N(CC(N)=O)C(C)C)n1. The number of nitrogens with zero attached hydrogens (tertiary/aromatic N) is 3. The second kappa shape index (κ2) is 7.81. The lowest BCUT2D eigenvalue weighted by Crippen LogP contribution is -2.40. The van der Waals surface area contributed by atoms with Gasteiger partial charge in [0.05, 0.1) is 6.54 Å². The van der Waals surface area contributed by atoms with Crippen LogP contribution in [0.4, 0.5) is 11.6 Å². The molecule has 6 heteroatoms. The van der Waals surface area contributed by atoms with Crippen LogP contribution in [0.2, 0.25) is 0 Å². The highest BCUT2D eigenvalue weighted by atomic mass is 16.1. The maximum atomic E-state index is 11.3. The number of nitrogens with two attached hydrogens (primary N) is 1. The van der Waals surface area contributed by atoms with Crippen molar-refractivity contribution in [2.75, 3.05) is 23.3 Å². The number of carbonyl (C=O) groups is 1. The van der Waals surface area contributed by atoms with E-state index in [2.05, 4.69) is 22.2 Å². The van der Waals surface area contributed by atoms with Gasteiger partial charge in [0.15, 0.2) is 0 Å². The monoisotopic (exact) mass is 293 g/mol. The number of hydrogen-bond donors (Lipinski definition) is 2. The van der Waals surface area contributed by atoms with Crippen LogP contribution in [-0.2, 0) is 11.2 Å².